The highest BCUT2D eigenvalue weighted by molar-refractivity contribution is 5.87. The van der Waals surface area contributed by atoms with Crippen LogP contribution >= 0.6 is 0 Å². The zero-order chi connectivity index (χ0) is 14.3. The van der Waals surface area contributed by atoms with Crippen LogP contribution in [-0.4, -0.2) is 40.0 Å². The summed E-state index contributed by atoms with van der Waals surface area (Å²) < 4.78 is 0. The van der Waals surface area contributed by atoms with Crippen LogP contribution in [0.25, 0.3) is 0 Å². The molecule has 5 atom stereocenters. The first-order valence-electron chi connectivity index (χ1n) is 7.57. The summed E-state index contributed by atoms with van der Waals surface area (Å²) in [5.74, 6) is -0.754. The second-order valence-corrected chi connectivity index (χ2v) is 6.34. The third-order valence-corrected chi connectivity index (χ3v) is 5.06. The summed E-state index contributed by atoms with van der Waals surface area (Å²) in [5.41, 5.74) is 5.81. The third-order valence-electron chi connectivity index (χ3n) is 5.06. The molecule has 20 heavy (non-hydrogen) atoms. The largest absolute Gasteiger partial charge is 0.480 e. The Balaban J connectivity index is 1.82. The molecule has 3 N–H and O–H groups in total. The van der Waals surface area contributed by atoms with E-state index in [1.165, 1.54) is 0 Å². The molecular weight excluding hydrogens is 256 g/mol. The third kappa shape index (κ3) is 2.24. The minimum atomic E-state index is -0.862. The van der Waals surface area contributed by atoms with Crippen LogP contribution < -0.4 is 5.73 Å². The van der Waals surface area contributed by atoms with Crippen LogP contribution in [0, 0.1) is 11.8 Å². The van der Waals surface area contributed by atoms with Crippen LogP contribution in [0.4, 0.5) is 0 Å². The van der Waals surface area contributed by atoms with Crippen LogP contribution in [0.3, 0.4) is 0 Å². The summed E-state index contributed by atoms with van der Waals surface area (Å²) in [6, 6.07) is -0.583. The molecule has 0 radical (unpaired) electrons. The number of amides is 1. The first-order valence-corrected chi connectivity index (χ1v) is 7.57. The summed E-state index contributed by atoms with van der Waals surface area (Å²) in [5, 5.41) is 9.44. The van der Waals surface area contributed by atoms with Crippen molar-refractivity contribution in [3.8, 4) is 0 Å². The number of fused-ring (bicyclic) bond motifs is 1. The Bertz CT molecular complexity index is 448. The molecule has 0 aromatic rings. The minimum Gasteiger partial charge on any atom is -0.480 e. The van der Waals surface area contributed by atoms with Gasteiger partial charge in [0.2, 0.25) is 5.91 Å². The van der Waals surface area contributed by atoms with E-state index < -0.39 is 12.0 Å². The molecule has 1 saturated heterocycles. The number of carbonyl (C=O) groups excluding carboxylic acids is 1. The van der Waals surface area contributed by atoms with E-state index in [-0.39, 0.29) is 23.9 Å². The molecular formula is C15H22N2O3. The van der Waals surface area contributed by atoms with E-state index in [2.05, 4.69) is 0 Å². The summed E-state index contributed by atoms with van der Waals surface area (Å²) in [6.07, 6.45) is 9.18. The van der Waals surface area contributed by atoms with Crippen molar-refractivity contribution in [3.63, 3.8) is 0 Å². The van der Waals surface area contributed by atoms with Crippen molar-refractivity contribution >= 4 is 11.9 Å². The maximum absolute atomic E-state index is 12.7. The average Bonchev–Trinajstić information content (AvgIpc) is 3.01. The molecule has 0 bridgehead atoms. The van der Waals surface area contributed by atoms with Gasteiger partial charge in [-0.05, 0) is 31.6 Å². The highest BCUT2D eigenvalue weighted by Gasteiger charge is 2.48. The van der Waals surface area contributed by atoms with Gasteiger partial charge in [0.15, 0.2) is 0 Å². The summed E-state index contributed by atoms with van der Waals surface area (Å²) >= 11 is 0. The van der Waals surface area contributed by atoms with Crippen molar-refractivity contribution in [2.24, 2.45) is 17.6 Å². The number of nitrogens with zero attached hydrogens (tertiary/aromatic N) is 1. The Morgan fingerprint density at radius 3 is 2.55 bits per heavy atom. The molecule has 0 aromatic carbocycles. The number of hydrogen-bond donors (Lipinski definition) is 2. The number of hydrogen-bond acceptors (Lipinski definition) is 3. The molecule has 2 fully saturated rings. The van der Waals surface area contributed by atoms with Crippen molar-refractivity contribution in [3.05, 3.63) is 12.2 Å². The first kappa shape index (κ1) is 13.6. The molecule has 5 nitrogen and oxygen atoms in total. The van der Waals surface area contributed by atoms with Gasteiger partial charge in [-0.25, -0.2) is 4.79 Å². The molecule has 5 unspecified atom stereocenters. The van der Waals surface area contributed by atoms with Gasteiger partial charge in [-0.15, -0.1) is 0 Å². The van der Waals surface area contributed by atoms with E-state index in [4.69, 9.17) is 5.73 Å². The number of rotatable bonds is 2. The quantitative estimate of drug-likeness (QED) is 0.742. The van der Waals surface area contributed by atoms with Gasteiger partial charge < -0.3 is 15.7 Å². The minimum absolute atomic E-state index is 0.0315. The molecule has 5 heteroatoms. The first-order chi connectivity index (χ1) is 9.58. The molecule has 0 spiro atoms. The lowest BCUT2D eigenvalue weighted by Gasteiger charge is -2.34. The van der Waals surface area contributed by atoms with Crippen LogP contribution in [0.15, 0.2) is 12.2 Å². The lowest BCUT2D eigenvalue weighted by Crippen LogP contribution is -2.48. The highest BCUT2D eigenvalue weighted by Crippen LogP contribution is 2.41. The summed E-state index contributed by atoms with van der Waals surface area (Å²) in [4.78, 5) is 25.9. The number of nitrogens with two attached hydrogens (primary N) is 1. The van der Waals surface area contributed by atoms with Gasteiger partial charge in [0, 0.05) is 12.1 Å². The molecule has 3 aliphatic rings. The van der Waals surface area contributed by atoms with E-state index in [9.17, 15) is 14.7 Å². The summed E-state index contributed by atoms with van der Waals surface area (Å²) in [7, 11) is 0. The smallest absolute Gasteiger partial charge is 0.326 e. The second-order valence-electron chi connectivity index (χ2n) is 6.34. The Labute approximate surface area is 118 Å². The molecule has 0 aromatic heterocycles. The normalized spacial score (nSPS) is 39.9. The topological polar surface area (TPSA) is 83.6 Å². The highest BCUT2D eigenvalue weighted by atomic mass is 16.4. The molecule has 1 heterocycles. The van der Waals surface area contributed by atoms with E-state index in [0.717, 1.165) is 25.7 Å². The van der Waals surface area contributed by atoms with Crippen LogP contribution in [0.5, 0.6) is 0 Å². The fourth-order valence-corrected chi connectivity index (χ4v) is 4.10. The standard InChI is InChI=1S/C15H22N2O3/c16-11-6-5-10(7-11)14(18)17-12-4-2-1-3-9(12)8-13(17)15(19)20/h5-6,9-13H,1-4,7-8,16H2,(H,19,20). The number of aliphatic carboxylic acids is 1. The number of carboxylic acid groups (broad SMARTS) is 1. The van der Waals surface area contributed by atoms with Gasteiger partial charge in [0.25, 0.3) is 0 Å². The lowest BCUT2D eigenvalue weighted by molar-refractivity contribution is -0.151. The molecule has 2 aliphatic carbocycles. The Morgan fingerprint density at radius 1 is 1.15 bits per heavy atom. The maximum atomic E-state index is 12.7. The van der Waals surface area contributed by atoms with E-state index in [0.29, 0.717) is 18.8 Å². The van der Waals surface area contributed by atoms with E-state index in [1.807, 2.05) is 12.2 Å². The number of carbonyl (C=O) groups is 2. The van der Waals surface area contributed by atoms with Gasteiger partial charge in [0.05, 0.1) is 5.92 Å². The predicted octanol–water partition coefficient (Wildman–Crippen LogP) is 1.13. The average molecular weight is 278 g/mol. The van der Waals surface area contributed by atoms with Crippen LogP contribution in [0.2, 0.25) is 0 Å². The molecule has 110 valence electrons. The van der Waals surface area contributed by atoms with E-state index >= 15 is 0 Å². The van der Waals surface area contributed by atoms with Crippen LogP contribution in [-0.2, 0) is 9.59 Å². The fraction of sp³-hybridized carbons (Fsp3) is 0.733. The molecule has 1 amide bonds. The summed E-state index contributed by atoms with van der Waals surface area (Å²) in [6.45, 7) is 0. The van der Waals surface area contributed by atoms with Crippen molar-refractivity contribution in [1.29, 1.82) is 0 Å². The van der Waals surface area contributed by atoms with Crippen molar-refractivity contribution in [2.45, 2.75) is 56.7 Å². The fourth-order valence-electron chi connectivity index (χ4n) is 4.10. The SMILES string of the molecule is NC1C=CC(C(=O)N2C(C(=O)O)CC3CCCCC32)C1. The van der Waals surface area contributed by atoms with Gasteiger partial charge in [-0.1, -0.05) is 25.0 Å². The Morgan fingerprint density at radius 2 is 1.90 bits per heavy atom. The maximum Gasteiger partial charge on any atom is 0.326 e. The van der Waals surface area contributed by atoms with Gasteiger partial charge in [0.1, 0.15) is 6.04 Å². The molecule has 1 aliphatic heterocycles. The predicted molar refractivity (Wildman–Crippen MR) is 73.9 cm³/mol. The number of likely N-dealkylation sites (tertiary alicyclic amines) is 1. The lowest BCUT2D eigenvalue weighted by atomic mass is 9.84. The number of carboxylic acids is 1. The monoisotopic (exact) mass is 278 g/mol. The van der Waals surface area contributed by atoms with E-state index in [1.54, 1.807) is 4.90 Å². The molecule has 1 saturated carbocycles. The van der Waals surface area contributed by atoms with Crippen molar-refractivity contribution in [2.75, 3.05) is 0 Å². The molecule has 3 rings (SSSR count). The zero-order valence-corrected chi connectivity index (χ0v) is 11.6. The second kappa shape index (κ2) is 5.20. The van der Waals surface area contributed by atoms with Crippen molar-refractivity contribution in [1.82, 2.24) is 4.90 Å². The Kier molecular flexibility index (Phi) is 3.54. The van der Waals surface area contributed by atoms with Crippen molar-refractivity contribution < 1.29 is 14.7 Å². The van der Waals surface area contributed by atoms with Gasteiger partial charge in [-0.3, -0.25) is 4.79 Å². The van der Waals surface area contributed by atoms with Gasteiger partial charge >= 0.3 is 5.97 Å². The Hall–Kier alpha value is -1.36. The van der Waals surface area contributed by atoms with Crippen LogP contribution in [0.1, 0.15) is 38.5 Å². The van der Waals surface area contributed by atoms with Gasteiger partial charge in [-0.2, -0.15) is 0 Å². The zero-order valence-electron chi connectivity index (χ0n) is 11.6.